The summed E-state index contributed by atoms with van der Waals surface area (Å²) in [5.74, 6) is 0.192. The molecule has 120 valence electrons. The van der Waals surface area contributed by atoms with Crippen LogP contribution in [0.15, 0.2) is 54.6 Å². The summed E-state index contributed by atoms with van der Waals surface area (Å²) in [7, 11) is 0. The van der Waals surface area contributed by atoms with Gasteiger partial charge in [0.05, 0.1) is 16.8 Å². The monoisotopic (exact) mass is 328 g/mol. The van der Waals surface area contributed by atoms with E-state index in [9.17, 15) is 18.4 Å². The molecular weight excluding hydrogens is 317 g/mol. The highest BCUT2D eigenvalue weighted by Gasteiger charge is 2.30. The third kappa shape index (κ3) is 2.70. The van der Waals surface area contributed by atoms with Gasteiger partial charge in [0.1, 0.15) is 11.9 Å². The molecule has 0 spiro atoms. The minimum atomic E-state index is -4.42. The first-order valence-electron chi connectivity index (χ1n) is 6.93. The van der Waals surface area contributed by atoms with Gasteiger partial charge in [0, 0.05) is 0 Å². The van der Waals surface area contributed by atoms with Crippen LogP contribution >= 0.6 is 0 Å². The molecular formula is C17H11F3N4. The van der Waals surface area contributed by atoms with Gasteiger partial charge in [0.25, 0.3) is 0 Å². The summed E-state index contributed by atoms with van der Waals surface area (Å²) in [6.45, 7) is 0. The average Bonchev–Trinajstić information content (AvgIpc) is 2.91. The van der Waals surface area contributed by atoms with Gasteiger partial charge >= 0.3 is 6.18 Å². The van der Waals surface area contributed by atoms with Crippen LogP contribution in [-0.2, 0) is 6.18 Å². The van der Waals surface area contributed by atoms with Crippen LogP contribution in [0.4, 0.5) is 19.0 Å². The Hall–Kier alpha value is -3.27. The van der Waals surface area contributed by atoms with E-state index in [2.05, 4.69) is 5.10 Å². The fourth-order valence-electron chi connectivity index (χ4n) is 2.39. The van der Waals surface area contributed by atoms with Crippen molar-refractivity contribution in [1.82, 2.24) is 9.78 Å². The number of nitriles is 1. The lowest BCUT2D eigenvalue weighted by Crippen LogP contribution is -2.04. The van der Waals surface area contributed by atoms with Crippen molar-refractivity contribution in [1.29, 1.82) is 5.26 Å². The van der Waals surface area contributed by atoms with Gasteiger partial charge in [-0.15, -0.1) is 0 Å². The Balaban J connectivity index is 2.12. The fourth-order valence-corrected chi connectivity index (χ4v) is 2.39. The van der Waals surface area contributed by atoms with Crippen molar-refractivity contribution in [2.75, 3.05) is 5.73 Å². The molecule has 0 aliphatic heterocycles. The Morgan fingerprint density at radius 1 is 1.00 bits per heavy atom. The van der Waals surface area contributed by atoms with E-state index in [0.717, 1.165) is 12.1 Å². The van der Waals surface area contributed by atoms with E-state index < -0.39 is 11.7 Å². The zero-order valence-electron chi connectivity index (χ0n) is 12.2. The number of aromatic nitrogens is 2. The first kappa shape index (κ1) is 15.6. The van der Waals surface area contributed by atoms with Crippen LogP contribution < -0.4 is 5.73 Å². The molecule has 2 aromatic carbocycles. The predicted molar refractivity (Wildman–Crippen MR) is 83.1 cm³/mol. The zero-order chi connectivity index (χ0) is 17.3. The molecule has 0 aliphatic carbocycles. The number of alkyl halides is 3. The minimum absolute atomic E-state index is 0.0520. The van der Waals surface area contributed by atoms with Crippen LogP contribution in [0.1, 0.15) is 11.3 Å². The van der Waals surface area contributed by atoms with E-state index in [1.807, 2.05) is 12.1 Å². The third-order valence-electron chi connectivity index (χ3n) is 3.53. The van der Waals surface area contributed by atoms with Crippen molar-refractivity contribution < 1.29 is 13.2 Å². The van der Waals surface area contributed by atoms with Gasteiger partial charge in [0.2, 0.25) is 0 Å². The average molecular weight is 328 g/mol. The normalized spacial score (nSPS) is 11.2. The van der Waals surface area contributed by atoms with E-state index in [1.165, 1.54) is 16.8 Å². The van der Waals surface area contributed by atoms with Gasteiger partial charge in [0.15, 0.2) is 5.69 Å². The van der Waals surface area contributed by atoms with Gasteiger partial charge < -0.3 is 5.73 Å². The number of nitrogen functional groups attached to an aromatic ring is 1. The number of hydrogen-bond acceptors (Lipinski definition) is 3. The SMILES string of the molecule is N#Cc1nn(-c2ccccc2)c(N)c1-c1ccc(C(F)(F)F)cc1. The number of para-hydroxylation sites is 1. The molecule has 0 atom stereocenters. The molecule has 3 rings (SSSR count). The van der Waals surface area contributed by atoms with Gasteiger partial charge in [-0.25, -0.2) is 4.68 Å². The molecule has 0 unspecified atom stereocenters. The van der Waals surface area contributed by atoms with E-state index in [0.29, 0.717) is 16.8 Å². The second-order valence-electron chi connectivity index (χ2n) is 5.04. The molecule has 2 N–H and O–H groups in total. The predicted octanol–water partition coefficient (Wildman–Crippen LogP) is 4.01. The summed E-state index contributed by atoms with van der Waals surface area (Å²) < 4.78 is 39.4. The Morgan fingerprint density at radius 3 is 2.17 bits per heavy atom. The standard InChI is InChI=1S/C17H11F3N4/c18-17(19,20)12-8-6-11(7-9-12)15-14(10-21)23-24(16(15)22)13-4-2-1-3-5-13/h1-9H,22H2. The van der Waals surface area contributed by atoms with Crippen molar-refractivity contribution in [2.45, 2.75) is 6.18 Å². The lowest BCUT2D eigenvalue weighted by Gasteiger charge is -2.08. The molecule has 0 amide bonds. The van der Waals surface area contributed by atoms with E-state index >= 15 is 0 Å². The van der Waals surface area contributed by atoms with E-state index in [1.54, 1.807) is 24.3 Å². The molecule has 24 heavy (non-hydrogen) atoms. The maximum absolute atomic E-state index is 12.7. The number of halogens is 3. The summed E-state index contributed by atoms with van der Waals surface area (Å²) in [5, 5.41) is 13.4. The highest BCUT2D eigenvalue weighted by molar-refractivity contribution is 5.80. The summed E-state index contributed by atoms with van der Waals surface area (Å²) in [6.07, 6.45) is -4.42. The summed E-state index contributed by atoms with van der Waals surface area (Å²) in [4.78, 5) is 0. The summed E-state index contributed by atoms with van der Waals surface area (Å²) >= 11 is 0. The highest BCUT2D eigenvalue weighted by atomic mass is 19.4. The lowest BCUT2D eigenvalue weighted by molar-refractivity contribution is -0.137. The van der Waals surface area contributed by atoms with Crippen LogP contribution in [0.3, 0.4) is 0 Å². The quantitative estimate of drug-likeness (QED) is 0.773. The van der Waals surface area contributed by atoms with Crippen LogP contribution in [0.5, 0.6) is 0 Å². The highest BCUT2D eigenvalue weighted by Crippen LogP contribution is 2.34. The molecule has 4 nitrogen and oxygen atoms in total. The van der Waals surface area contributed by atoms with E-state index in [4.69, 9.17) is 5.73 Å². The number of nitrogens with zero attached hydrogens (tertiary/aromatic N) is 3. The number of anilines is 1. The van der Waals surface area contributed by atoms with Crippen LogP contribution in [-0.4, -0.2) is 9.78 Å². The second kappa shape index (κ2) is 5.74. The molecule has 0 saturated heterocycles. The molecule has 0 radical (unpaired) electrons. The molecule has 0 saturated carbocycles. The first-order valence-corrected chi connectivity index (χ1v) is 6.93. The Morgan fingerprint density at radius 2 is 1.62 bits per heavy atom. The second-order valence-corrected chi connectivity index (χ2v) is 5.04. The minimum Gasteiger partial charge on any atom is -0.383 e. The van der Waals surface area contributed by atoms with Gasteiger partial charge in [-0.2, -0.15) is 23.5 Å². The van der Waals surface area contributed by atoms with Crippen molar-refractivity contribution in [3.8, 4) is 22.9 Å². The topological polar surface area (TPSA) is 67.6 Å². The fraction of sp³-hybridized carbons (Fsp3) is 0.0588. The van der Waals surface area contributed by atoms with Crippen molar-refractivity contribution in [3.05, 3.63) is 65.9 Å². The zero-order valence-corrected chi connectivity index (χ0v) is 12.2. The molecule has 1 aromatic heterocycles. The molecule has 0 aliphatic rings. The maximum Gasteiger partial charge on any atom is 0.416 e. The maximum atomic E-state index is 12.7. The van der Waals surface area contributed by atoms with Crippen molar-refractivity contribution in [2.24, 2.45) is 0 Å². The number of nitrogens with two attached hydrogens (primary N) is 1. The van der Waals surface area contributed by atoms with Gasteiger partial charge in [-0.05, 0) is 29.8 Å². The Labute approximate surface area is 135 Å². The van der Waals surface area contributed by atoms with E-state index in [-0.39, 0.29) is 11.5 Å². The number of benzene rings is 2. The number of rotatable bonds is 2. The Bertz CT molecular complexity index is 904. The molecule has 7 heteroatoms. The molecule has 0 fully saturated rings. The van der Waals surface area contributed by atoms with Gasteiger partial charge in [-0.1, -0.05) is 30.3 Å². The smallest absolute Gasteiger partial charge is 0.383 e. The van der Waals surface area contributed by atoms with Crippen molar-refractivity contribution >= 4 is 5.82 Å². The summed E-state index contributed by atoms with van der Waals surface area (Å²) in [6, 6.07) is 15.4. The number of hydrogen-bond donors (Lipinski definition) is 1. The largest absolute Gasteiger partial charge is 0.416 e. The lowest BCUT2D eigenvalue weighted by atomic mass is 10.0. The van der Waals surface area contributed by atoms with Crippen LogP contribution in [0.2, 0.25) is 0 Å². The molecule has 0 bridgehead atoms. The Kier molecular flexibility index (Phi) is 3.73. The first-order chi connectivity index (χ1) is 11.4. The molecule has 3 aromatic rings. The van der Waals surface area contributed by atoms with Gasteiger partial charge in [-0.3, -0.25) is 0 Å². The molecule has 1 heterocycles. The van der Waals surface area contributed by atoms with Crippen LogP contribution in [0.25, 0.3) is 16.8 Å². The van der Waals surface area contributed by atoms with Crippen molar-refractivity contribution in [3.63, 3.8) is 0 Å². The van der Waals surface area contributed by atoms with Crippen LogP contribution in [0, 0.1) is 11.3 Å². The summed E-state index contributed by atoms with van der Waals surface area (Å²) in [5.41, 5.74) is 6.76. The third-order valence-corrected chi connectivity index (χ3v) is 3.53.